The topological polar surface area (TPSA) is 49.9 Å². The van der Waals surface area contributed by atoms with Gasteiger partial charge < -0.3 is 9.64 Å². The van der Waals surface area contributed by atoms with Gasteiger partial charge in [-0.3, -0.25) is 14.5 Å². The van der Waals surface area contributed by atoms with Crippen molar-refractivity contribution in [2.75, 3.05) is 18.0 Å². The van der Waals surface area contributed by atoms with E-state index in [-0.39, 0.29) is 17.6 Å². The quantitative estimate of drug-likeness (QED) is 0.394. The summed E-state index contributed by atoms with van der Waals surface area (Å²) in [6.07, 6.45) is 4.18. The maximum Gasteiger partial charge on any atom is 0.387 e. The minimum atomic E-state index is -2.96. The summed E-state index contributed by atoms with van der Waals surface area (Å²) < 4.78 is 30.2. The Kier molecular flexibility index (Phi) is 7.39. The monoisotopic (exact) mass is 488 g/mol. The third-order valence-corrected chi connectivity index (χ3v) is 6.86. The van der Waals surface area contributed by atoms with E-state index in [9.17, 15) is 18.4 Å². The number of rotatable bonds is 7. The molecule has 9 heteroatoms. The lowest BCUT2D eigenvalue weighted by atomic mass is 10.0. The average molecular weight is 489 g/mol. The molecule has 0 N–H and O–H groups in total. The molecule has 4 rings (SSSR count). The summed E-state index contributed by atoms with van der Waals surface area (Å²) in [6.45, 7) is -1.95. The summed E-state index contributed by atoms with van der Waals surface area (Å²) in [5.74, 6) is -0.279. The second kappa shape index (κ2) is 10.4. The second-order valence-corrected chi connectivity index (χ2v) is 9.31. The Morgan fingerprint density at radius 3 is 2.76 bits per heavy atom. The van der Waals surface area contributed by atoms with E-state index in [1.807, 2.05) is 29.2 Å². The highest BCUT2D eigenvalue weighted by atomic mass is 32.2. The summed E-state index contributed by atoms with van der Waals surface area (Å²) >= 11 is 6.46. The largest absolute Gasteiger partial charge is 0.434 e. The predicted molar refractivity (Wildman–Crippen MR) is 129 cm³/mol. The predicted octanol–water partition coefficient (Wildman–Crippen LogP) is 5.25. The van der Waals surface area contributed by atoms with Gasteiger partial charge in [-0.05, 0) is 43.0 Å². The molecule has 1 saturated heterocycles. The fraction of sp³-hybridized carbons (Fsp3) is 0.292. The average Bonchev–Trinajstić information content (AvgIpc) is 3.07. The Morgan fingerprint density at radius 1 is 1.18 bits per heavy atom. The number of aryl methyl sites for hydroxylation is 1. The SMILES string of the molecule is O=C1/C(=C\c2ccccc2OC(F)F)SC(=S)N1CCCC(=O)N1CCCc2ccccc21. The molecule has 0 bridgehead atoms. The third-order valence-electron chi connectivity index (χ3n) is 5.48. The Hall–Kier alpha value is -2.78. The Labute approximate surface area is 200 Å². The molecule has 2 aromatic carbocycles. The van der Waals surface area contributed by atoms with Gasteiger partial charge in [-0.2, -0.15) is 8.78 Å². The van der Waals surface area contributed by atoms with Crippen molar-refractivity contribution in [1.82, 2.24) is 4.90 Å². The van der Waals surface area contributed by atoms with Gasteiger partial charge in [0.15, 0.2) is 0 Å². The molecule has 172 valence electrons. The summed E-state index contributed by atoms with van der Waals surface area (Å²) in [6, 6.07) is 14.2. The number of halogens is 2. The molecule has 2 aromatic rings. The molecule has 2 heterocycles. The van der Waals surface area contributed by atoms with Crippen molar-refractivity contribution in [3.05, 3.63) is 64.6 Å². The molecule has 33 heavy (non-hydrogen) atoms. The number of hydrogen-bond acceptors (Lipinski definition) is 5. The van der Waals surface area contributed by atoms with Gasteiger partial charge in [0, 0.05) is 30.8 Å². The minimum absolute atomic E-state index is 0.00909. The van der Waals surface area contributed by atoms with Gasteiger partial charge in [-0.25, -0.2) is 0 Å². The first-order valence-corrected chi connectivity index (χ1v) is 11.8. The zero-order valence-corrected chi connectivity index (χ0v) is 19.3. The fourth-order valence-electron chi connectivity index (χ4n) is 3.95. The lowest BCUT2D eigenvalue weighted by Crippen LogP contribution is -2.36. The highest BCUT2D eigenvalue weighted by Crippen LogP contribution is 2.35. The summed E-state index contributed by atoms with van der Waals surface area (Å²) in [5.41, 5.74) is 2.51. The van der Waals surface area contributed by atoms with Crippen LogP contribution in [0, 0.1) is 0 Å². The molecule has 0 aliphatic carbocycles. The number of carbonyl (C=O) groups is 2. The molecule has 5 nitrogen and oxygen atoms in total. The molecule has 0 atom stereocenters. The standard InChI is InChI=1S/C24H22F2N2O3S2/c25-23(26)31-19-11-4-2-8-17(19)15-20-22(30)28(24(32)33-20)14-6-12-21(29)27-13-5-9-16-7-1-3-10-18(16)27/h1-4,7-8,10-11,15,23H,5-6,9,12-14H2/b20-15+. The summed E-state index contributed by atoms with van der Waals surface area (Å²) in [7, 11) is 0. The van der Waals surface area contributed by atoms with Gasteiger partial charge in [0.05, 0.1) is 4.91 Å². The molecule has 2 aliphatic rings. The first-order valence-electron chi connectivity index (χ1n) is 10.6. The third kappa shape index (κ3) is 5.42. The molecular weight excluding hydrogens is 466 g/mol. The molecule has 0 unspecified atom stereocenters. The first-order chi connectivity index (χ1) is 15.9. The smallest absolute Gasteiger partial charge is 0.387 e. The van der Waals surface area contributed by atoms with Crippen LogP contribution in [-0.2, 0) is 16.0 Å². The molecule has 2 amide bonds. The molecule has 0 radical (unpaired) electrons. The van der Waals surface area contributed by atoms with Crippen LogP contribution in [0.4, 0.5) is 14.5 Å². The van der Waals surface area contributed by atoms with Crippen LogP contribution in [-0.4, -0.2) is 40.7 Å². The Balaban J connectivity index is 1.38. The van der Waals surface area contributed by atoms with Crippen molar-refractivity contribution in [2.45, 2.75) is 32.3 Å². The van der Waals surface area contributed by atoms with Gasteiger partial charge in [0.1, 0.15) is 10.1 Å². The molecular formula is C24H22F2N2O3S2. The van der Waals surface area contributed by atoms with Crippen LogP contribution in [0.1, 0.15) is 30.4 Å². The number of fused-ring (bicyclic) bond motifs is 1. The maximum atomic E-state index is 12.9. The lowest BCUT2D eigenvalue weighted by molar-refractivity contribution is -0.123. The number of carbonyl (C=O) groups excluding carboxylic acids is 2. The number of benzene rings is 2. The molecule has 0 spiro atoms. The van der Waals surface area contributed by atoms with Crippen molar-refractivity contribution in [3.8, 4) is 5.75 Å². The Bertz CT molecular complexity index is 1110. The Morgan fingerprint density at radius 2 is 1.94 bits per heavy atom. The number of thioether (sulfide) groups is 1. The van der Waals surface area contributed by atoms with E-state index >= 15 is 0 Å². The van der Waals surface area contributed by atoms with Crippen LogP contribution < -0.4 is 9.64 Å². The maximum absolute atomic E-state index is 12.9. The van der Waals surface area contributed by atoms with Crippen molar-refractivity contribution in [3.63, 3.8) is 0 Å². The number of para-hydroxylation sites is 2. The number of amides is 2. The van der Waals surface area contributed by atoms with Crippen molar-refractivity contribution >= 4 is 51.9 Å². The molecule has 2 aliphatic heterocycles. The van der Waals surface area contributed by atoms with Crippen LogP contribution in [0.5, 0.6) is 5.75 Å². The van der Waals surface area contributed by atoms with Crippen molar-refractivity contribution < 1.29 is 23.1 Å². The van der Waals surface area contributed by atoms with E-state index in [0.717, 1.165) is 30.3 Å². The van der Waals surface area contributed by atoms with Crippen LogP contribution >= 0.6 is 24.0 Å². The van der Waals surface area contributed by atoms with Gasteiger partial charge in [0.25, 0.3) is 5.91 Å². The van der Waals surface area contributed by atoms with Crippen LogP contribution in [0.2, 0.25) is 0 Å². The van der Waals surface area contributed by atoms with Gasteiger partial charge in [-0.15, -0.1) is 0 Å². The second-order valence-electron chi connectivity index (χ2n) is 7.63. The number of hydrogen-bond donors (Lipinski definition) is 0. The normalized spacial score (nSPS) is 17.1. The number of ether oxygens (including phenoxy) is 1. The van der Waals surface area contributed by atoms with E-state index in [2.05, 4.69) is 4.74 Å². The molecule has 0 saturated carbocycles. The van der Waals surface area contributed by atoms with E-state index < -0.39 is 6.61 Å². The minimum Gasteiger partial charge on any atom is -0.434 e. The van der Waals surface area contributed by atoms with Gasteiger partial charge >= 0.3 is 6.61 Å². The number of anilines is 1. The fourth-order valence-corrected chi connectivity index (χ4v) is 5.25. The summed E-state index contributed by atoms with van der Waals surface area (Å²) in [4.78, 5) is 29.3. The van der Waals surface area contributed by atoms with E-state index in [1.165, 1.54) is 22.6 Å². The number of alkyl halides is 2. The van der Waals surface area contributed by atoms with Crippen LogP contribution in [0.15, 0.2) is 53.4 Å². The highest BCUT2D eigenvalue weighted by Gasteiger charge is 2.32. The zero-order valence-electron chi connectivity index (χ0n) is 17.7. The van der Waals surface area contributed by atoms with Crippen LogP contribution in [0.3, 0.4) is 0 Å². The van der Waals surface area contributed by atoms with E-state index in [1.54, 1.807) is 18.2 Å². The molecule has 0 aromatic heterocycles. The van der Waals surface area contributed by atoms with Crippen molar-refractivity contribution in [2.24, 2.45) is 0 Å². The first kappa shape index (κ1) is 23.4. The molecule has 1 fully saturated rings. The lowest BCUT2D eigenvalue weighted by Gasteiger charge is -2.29. The zero-order chi connectivity index (χ0) is 23.4. The van der Waals surface area contributed by atoms with E-state index in [4.69, 9.17) is 12.2 Å². The van der Waals surface area contributed by atoms with Gasteiger partial charge in [0.2, 0.25) is 5.91 Å². The highest BCUT2D eigenvalue weighted by molar-refractivity contribution is 8.26. The van der Waals surface area contributed by atoms with Crippen molar-refractivity contribution in [1.29, 1.82) is 0 Å². The van der Waals surface area contributed by atoms with E-state index in [0.29, 0.717) is 40.7 Å². The number of thiocarbonyl (C=S) groups is 1. The number of nitrogens with zero attached hydrogens (tertiary/aromatic N) is 2. The van der Waals surface area contributed by atoms with Gasteiger partial charge in [-0.1, -0.05) is 60.4 Å². The summed E-state index contributed by atoms with van der Waals surface area (Å²) in [5, 5.41) is 0. The van der Waals surface area contributed by atoms with Crippen LogP contribution in [0.25, 0.3) is 6.08 Å².